The molecule has 1 saturated heterocycles. The number of carbonyl (C=O) groups is 1. The largest absolute Gasteiger partial charge is 0.497 e. The third-order valence-corrected chi connectivity index (χ3v) is 6.55. The molecule has 2 aliphatic heterocycles. The fourth-order valence-corrected chi connectivity index (χ4v) is 4.67. The fraction of sp³-hybridized carbons (Fsp3) is 0.296. The Morgan fingerprint density at radius 2 is 1.83 bits per heavy atom. The minimum Gasteiger partial charge on any atom is -0.497 e. The Kier molecular flexibility index (Phi) is 6.62. The summed E-state index contributed by atoms with van der Waals surface area (Å²) in [7, 11) is 1.63. The number of aromatic nitrogens is 2. The van der Waals surface area contributed by atoms with Gasteiger partial charge in [0.1, 0.15) is 17.4 Å². The Labute approximate surface area is 205 Å². The number of amides is 1. The molecule has 3 heterocycles. The minimum absolute atomic E-state index is 0.0271. The van der Waals surface area contributed by atoms with E-state index in [4.69, 9.17) is 4.74 Å². The van der Waals surface area contributed by atoms with E-state index in [1.807, 2.05) is 36.4 Å². The molecule has 1 aromatic heterocycles. The van der Waals surface area contributed by atoms with Gasteiger partial charge in [0.05, 0.1) is 25.5 Å². The van der Waals surface area contributed by atoms with Gasteiger partial charge in [-0.3, -0.25) is 19.5 Å². The van der Waals surface area contributed by atoms with Crippen LogP contribution in [0, 0.1) is 11.3 Å². The van der Waals surface area contributed by atoms with E-state index in [0.717, 1.165) is 49.7 Å². The second-order valence-electron chi connectivity index (χ2n) is 8.77. The molecule has 178 valence electrons. The summed E-state index contributed by atoms with van der Waals surface area (Å²) in [6, 6.07) is 20.4. The van der Waals surface area contributed by atoms with Crippen molar-refractivity contribution in [3.8, 4) is 11.8 Å². The second-order valence-corrected chi connectivity index (χ2v) is 8.77. The first-order valence-electron chi connectivity index (χ1n) is 11.8. The molecule has 2 aromatic carbocycles. The van der Waals surface area contributed by atoms with Crippen molar-refractivity contribution >= 4 is 17.4 Å². The van der Waals surface area contributed by atoms with Gasteiger partial charge in [-0.05, 0) is 23.8 Å². The third kappa shape index (κ3) is 4.83. The molecule has 0 atom stereocenters. The van der Waals surface area contributed by atoms with E-state index < -0.39 is 0 Å². The number of methoxy groups -OCH3 is 1. The molecular formula is C27H28N6O2. The average Bonchev–Trinajstić information content (AvgIpc) is 3.34. The molecule has 3 aromatic rings. The molecule has 35 heavy (non-hydrogen) atoms. The van der Waals surface area contributed by atoms with Crippen molar-refractivity contribution < 1.29 is 9.53 Å². The van der Waals surface area contributed by atoms with Gasteiger partial charge in [-0.25, -0.2) is 4.68 Å². The SMILES string of the molecule is COc1cccc(C2=CCN(C(=O)CN3CCN(Cc4ccccc4)CC3)c3c(C#N)cnn32)c1. The molecule has 5 rings (SSSR count). The van der Waals surface area contributed by atoms with Crippen LogP contribution in [0.3, 0.4) is 0 Å². The summed E-state index contributed by atoms with van der Waals surface area (Å²) < 4.78 is 7.05. The lowest BCUT2D eigenvalue weighted by molar-refractivity contribution is -0.120. The molecule has 1 amide bonds. The Morgan fingerprint density at radius 1 is 1.06 bits per heavy atom. The Bertz CT molecular complexity index is 1270. The van der Waals surface area contributed by atoms with Gasteiger partial charge in [0.15, 0.2) is 5.82 Å². The average molecular weight is 469 g/mol. The highest BCUT2D eigenvalue weighted by Gasteiger charge is 2.30. The van der Waals surface area contributed by atoms with Crippen LogP contribution < -0.4 is 9.64 Å². The summed E-state index contributed by atoms with van der Waals surface area (Å²) in [5.41, 5.74) is 3.44. The second kappa shape index (κ2) is 10.1. The number of nitrogens with zero attached hydrogens (tertiary/aromatic N) is 6. The Morgan fingerprint density at radius 3 is 2.57 bits per heavy atom. The molecule has 8 heteroatoms. The van der Waals surface area contributed by atoms with Gasteiger partial charge in [0.25, 0.3) is 0 Å². The van der Waals surface area contributed by atoms with Crippen LogP contribution in [0.1, 0.15) is 16.7 Å². The van der Waals surface area contributed by atoms with Crippen LogP contribution in [0.4, 0.5) is 5.82 Å². The van der Waals surface area contributed by atoms with E-state index in [1.165, 1.54) is 11.8 Å². The normalized spacial score (nSPS) is 16.3. The van der Waals surface area contributed by atoms with Gasteiger partial charge < -0.3 is 4.74 Å². The number of rotatable bonds is 6. The van der Waals surface area contributed by atoms with Crippen LogP contribution in [0.5, 0.6) is 5.75 Å². The standard InChI is InChI=1S/C27H28N6O2/c1-35-24-9-5-8-22(16-24)25-10-11-32(27-23(17-28)18-29-33(25)27)26(34)20-31-14-12-30(13-15-31)19-21-6-3-2-4-7-21/h2-10,16,18H,11-15,19-20H2,1H3. The van der Waals surface area contributed by atoms with E-state index in [-0.39, 0.29) is 5.91 Å². The monoisotopic (exact) mass is 468 g/mol. The zero-order valence-electron chi connectivity index (χ0n) is 19.8. The fourth-order valence-electron chi connectivity index (χ4n) is 4.67. The van der Waals surface area contributed by atoms with Crippen molar-refractivity contribution in [2.45, 2.75) is 6.54 Å². The Hall–Kier alpha value is -3.93. The lowest BCUT2D eigenvalue weighted by Crippen LogP contribution is -2.50. The number of ether oxygens (including phenoxy) is 1. The van der Waals surface area contributed by atoms with Crippen molar-refractivity contribution in [2.75, 3.05) is 51.3 Å². The molecular weight excluding hydrogens is 440 g/mol. The quantitative estimate of drug-likeness (QED) is 0.554. The van der Waals surface area contributed by atoms with Crippen LogP contribution in [0.15, 0.2) is 66.9 Å². The minimum atomic E-state index is -0.0271. The highest BCUT2D eigenvalue weighted by molar-refractivity contribution is 5.97. The highest BCUT2D eigenvalue weighted by Crippen LogP contribution is 2.32. The lowest BCUT2D eigenvalue weighted by atomic mass is 10.1. The smallest absolute Gasteiger partial charge is 0.242 e. The predicted molar refractivity (Wildman–Crippen MR) is 134 cm³/mol. The van der Waals surface area contributed by atoms with Crippen LogP contribution in [-0.4, -0.2) is 71.9 Å². The molecule has 8 nitrogen and oxygen atoms in total. The molecule has 0 radical (unpaired) electrons. The number of hydrogen-bond acceptors (Lipinski definition) is 6. The summed E-state index contributed by atoms with van der Waals surface area (Å²) in [5.74, 6) is 1.24. The summed E-state index contributed by atoms with van der Waals surface area (Å²) in [6.07, 6.45) is 3.50. The van der Waals surface area contributed by atoms with Crippen LogP contribution in [0.2, 0.25) is 0 Å². The van der Waals surface area contributed by atoms with Gasteiger partial charge in [-0.2, -0.15) is 10.4 Å². The zero-order chi connectivity index (χ0) is 24.2. The number of fused-ring (bicyclic) bond motifs is 1. The third-order valence-electron chi connectivity index (χ3n) is 6.55. The van der Waals surface area contributed by atoms with Crippen molar-refractivity contribution in [1.82, 2.24) is 19.6 Å². The maximum absolute atomic E-state index is 13.4. The molecule has 0 saturated carbocycles. The summed E-state index contributed by atoms with van der Waals surface area (Å²) in [5, 5.41) is 14.1. The zero-order valence-corrected chi connectivity index (χ0v) is 19.8. The first-order valence-corrected chi connectivity index (χ1v) is 11.8. The first kappa shape index (κ1) is 22.8. The predicted octanol–water partition coefficient (Wildman–Crippen LogP) is 2.82. The molecule has 0 N–H and O–H groups in total. The maximum Gasteiger partial charge on any atom is 0.242 e. The number of nitriles is 1. The topological polar surface area (TPSA) is 77.6 Å². The van der Waals surface area contributed by atoms with Gasteiger partial charge >= 0.3 is 0 Å². The first-order chi connectivity index (χ1) is 17.2. The highest BCUT2D eigenvalue weighted by atomic mass is 16.5. The van der Waals surface area contributed by atoms with E-state index in [1.54, 1.807) is 16.7 Å². The molecule has 0 bridgehead atoms. The van der Waals surface area contributed by atoms with Gasteiger partial charge in [0.2, 0.25) is 5.91 Å². The van der Waals surface area contributed by atoms with Crippen LogP contribution in [0.25, 0.3) is 5.70 Å². The number of carbonyl (C=O) groups excluding carboxylic acids is 1. The number of piperazine rings is 1. The molecule has 1 fully saturated rings. The van der Waals surface area contributed by atoms with E-state index in [9.17, 15) is 10.1 Å². The van der Waals surface area contributed by atoms with Gasteiger partial charge in [0, 0.05) is 44.8 Å². The maximum atomic E-state index is 13.4. The lowest BCUT2D eigenvalue weighted by Gasteiger charge is -2.36. The summed E-state index contributed by atoms with van der Waals surface area (Å²) in [4.78, 5) is 19.7. The van der Waals surface area contributed by atoms with Crippen molar-refractivity contribution in [2.24, 2.45) is 0 Å². The van der Waals surface area contributed by atoms with Gasteiger partial charge in [-0.15, -0.1) is 0 Å². The molecule has 0 aliphatic carbocycles. The van der Waals surface area contributed by atoms with Crippen LogP contribution >= 0.6 is 0 Å². The van der Waals surface area contributed by atoms with E-state index in [2.05, 4.69) is 45.2 Å². The van der Waals surface area contributed by atoms with E-state index >= 15 is 0 Å². The number of benzene rings is 2. The summed E-state index contributed by atoms with van der Waals surface area (Å²) >= 11 is 0. The molecule has 2 aliphatic rings. The van der Waals surface area contributed by atoms with Gasteiger partial charge in [-0.1, -0.05) is 42.5 Å². The van der Waals surface area contributed by atoms with Crippen molar-refractivity contribution in [3.63, 3.8) is 0 Å². The molecule has 0 spiro atoms. The van der Waals surface area contributed by atoms with E-state index in [0.29, 0.717) is 24.5 Å². The van der Waals surface area contributed by atoms with Crippen LogP contribution in [-0.2, 0) is 11.3 Å². The summed E-state index contributed by atoms with van der Waals surface area (Å²) in [6.45, 7) is 5.14. The van der Waals surface area contributed by atoms with Crippen molar-refractivity contribution in [3.05, 3.63) is 83.6 Å². The number of anilines is 1. The van der Waals surface area contributed by atoms with Crippen molar-refractivity contribution in [1.29, 1.82) is 5.26 Å². The number of hydrogen-bond donors (Lipinski definition) is 0. The molecule has 0 unspecified atom stereocenters. The Balaban J connectivity index is 1.27.